The van der Waals surface area contributed by atoms with Gasteiger partial charge in [-0.1, -0.05) is 13.8 Å². The first-order chi connectivity index (χ1) is 14.2. The van der Waals surface area contributed by atoms with E-state index in [1.807, 2.05) is 13.8 Å². The molecule has 30 heavy (non-hydrogen) atoms. The largest absolute Gasteiger partial charge is 0.493 e. The molecule has 164 valence electrons. The van der Waals surface area contributed by atoms with Gasteiger partial charge in [-0.2, -0.15) is 0 Å². The number of benzene rings is 2. The van der Waals surface area contributed by atoms with E-state index in [0.717, 1.165) is 0 Å². The summed E-state index contributed by atoms with van der Waals surface area (Å²) < 4.78 is 43.2. The highest BCUT2D eigenvalue weighted by Crippen LogP contribution is 2.29. The fraction of sp³-hybridized carbons (Fsp3) is 0.381. The summed E-state index contributed by atoms with van der Waals surface area (Å²) in [6, 6.07) is 9.54. The molecule has 2 N–H and O–H groups in total. The van der Waals surface area contributed by atoms with Crippen LogP contribution < -0.4 is 24.2 Å². The molecule has 0 fully saturated rings. The molecule has 9 heteroatoms. The predicted molar refractivity (Wildman–Crippen MR) is 115 cm³/mol. The van der Waals surface area contributed by atoms with E-state index < -0.39 is 10.0 Å². The number of anilines is 1. The van der Waals surface area contributed by atoms with Crippen LogP contribution >= 0.6 is 0 Å². The number of carbonyl (C=O) groups is 1. The number of hydrogen-bond donors (Lipinski definition) is 2. The molecule has 0 unspecified atom stereocenters. The Hall–Kier alpha value is -2.78. The summed E-state index contributed by atoms with van der Waals surface area (Å²) in [6.07, 6.45) is 0. The van der Waals surface area contributed by atoms with Gasteiger partial charge < -0.3 is 19.5 Å². The average molecular weight is 437 g/mol. The average Bonchev–Trinajstić information content (AvgIpc) is 2.71. The molecule has 0 aliphatic heterocycles. The molecule has 0 bridgehead atoms. The van der Waals surface area contributed by atoms with Crippen molar-refractivity contribution in [1.29, 1.82) is 0 Å². The lowest BCUT2D eigenvalue weighted by Crippen LogP contribution is -2.27. The van der Waals surface area contributed by atoms with E-state index in [4.69, 9.17) is 14.2 Å². The van der Waals surface area contributed by atoms with Gasteiger partial charge in [0.1, 0.15) is 5.75 Å². The normalized spacial score (nSPS) is 11.3. The third-order valence-electron chi connectivity index (χ3n) is 4.16. The molecule has 2 aromatic carbocycles. The minimum absolute atomic E-state index is 0.155. The summed E-state index contributed by atoms with van der Waals surface area (Å²) >= 11 is 0. The van der Waals surface area contributed by atoms with Crippen LogP contribution in [0, 0.1) is 12.8 Å². The Morgan fingerprint density at radius 2 is 1.67 bits per heavy atom. The lowest BCUT2D eigenvalue weighted by atomic mass is 10.2. The summed E-state index contributed by atoms with van der Waals surface area (Å²) in [5.41, 5.74) is 1.15. The smallest absolute Gasteiger partial charge is 0.262 e. The number of carbonyl (C=O) groups excluding carboxylic acids is 1. The van der Waals surface area contributed by atoms with Gasteiger partial charge in [-0.05, 0) is 48.7 Å². The van der Waals surface area contributed by atoms with Crippen molar-refractivity contribution in [2.45, 2.75) is 25.7 Å². The number of nitrogens with one attached hydrogen (secondary N) is 2. The van der Waals surface area contributed by atoms with E-state index in [0.29, 0.717) is 35.0 Å². The van der Waals surface area contributed by atoms with Crippen LogP contribution in [0.4, 0.5) is 5.69 Å². The summed E-state index contributed by atoms with van der Waals surface area (Å²) in [5, 5.41) is 2.72. The minimum Gasteiger partial charge on any atom is -0.493 e. The Kier molecular flexibility index (Phi) is 8.08. The van der Waals surface area contributed by atoms with Crippen LogP contribution in [0.3, 0.4) is 0 Å². The third kappa shape index (κ3) is 6.36. The summed E-state index contributed by atoms with van der Waals surface area (Å²) in [7, 11) is -0.544. The number of amides is 1. The minimum atomic E-state index is -3.59. The van der Waals surface area contributed by atoms with E-state index in [9.17, 15) is 13.2 Å². The van der Waals surface area contributed by atoms with Crippen molar-refractivity contribution in [3.8, 4) is 17.2 Å². The molecule has 0 saturated carbocycles. The van der Waals surface area contributed by atoms with Crippen LogP contribution in [0.25, 0.3) is 0 Å². The highest BCUT2D eigenvalue weighted by atomic mass is 32.2. The highest BCUT2D eigenvalue weighted by molar-refractivity contribution is 7.89. The van der Waals surface area contributed by atoms with Crippen molar-refractivity contribution in [2.24, 2.45) is 5.92 Å². The molecule has 0 saturated heterocycles. The number of hydrogen-bond acceptors (Lipinski definition) is 6. The molecule has 0 aliphatic rings. The standard InChI is InChI=1S/C21H28N2O6S/c1-14(2)12-22-30(25,26)17-7-9-18(15(3)10-17)29-13-21(24)23-16-6-8-19(27-4)20(11-16)28-5/h6-11,14,22H,12-13H2,1-5H3,(H,23,24). The molecule has 0 radical (unpaired) electrons. The Morgan fingerprint density at radius 1 is 1.00 bits per heavy atom. The fourth-order valence-electron chi connectivity index (χ4n) is 2.57. The number of sulfonamides is 1. The van der Waals surface area contributed by atoms with Crippen molar-refractivity contribution in [3.63, 3.8) is 0 Å². The second-order valence-corrected chi connectivity index (χ2v) is 8.85. The van der Waals surface area contributed by atoms with Crippen molar-refractivity contribution >= 4 is 21.6 Å². The zero-order valence-corrected chi connectivity index (χ0v) is 18.6. The van der Waals surface area contributed by atoms with Gasteiger partial charge in [0.25, 0.3) is 5.91 Å². The predicted octanol–water partition coefficient (Wildman–Crippen LogP) is 2.96. The van der Waals surface area contributed by atoms with Gasteiger partial charge in [-0.25, -0.2) is 13.1 Å². The maximum absolute atomic E-state index is 12.3. The van der Waals surface area contributed by atoms with Gasteiger partial charge in [0, 0.05) is 18.3 Å². The molecule has 2 aromatic rings. The molecule has 0 aliphatic carbocycles. The molecule has 1 amide bonds. The molecule has 0 aromatic heterocycles. The third-order valence-corrected chi connectivity index (χ3v) is 5.59. The van der Waals surface area contributed by atoms with Gasteiger partial charge in [0.2, 0.25) is 10.0 Å². The van der Waals surface area contributed by atoms with Crippen molar-refractivity contribution < 1.29 is 27.4 Å². The van der Waals surface area contributed by atoms with Gasteiger partial charge in [0.15, 0.2) is 18.1 Å². The zero-order chi connectivity index (χ0) is 22.3. The number of ether oxygens (including phenoxy) is 3. The van der Waals surface area contributed by atoms with Crippen molar-refractivity contribution in [3.05, 3.63) is 42.0 Å². The van der Waals surface area contributed by atoms with Crippen LogP contribution in [0.15, 0.2) is 41.3 Å². The lowest BCUT2D eigenvalue weighted by Gasteiger charge is -2.13. The second kappa shape index (κ2) is 10.3. The summed E-state index contributed by atoms with van der Waals surface area (Å²) in [6.45, 7) is 5.71. The first kappa shape index (κ1) is 23.5. The first-order valence-electron chi connectivity index (χ1n) is 9.41. The Morgan fingerprint density at radius 3 is 2.27 bits per heavy atom. The molecule has 0 spiro atoms. The molecule has 0 atom stereocenters. The topological polar surface area (TPSA) is 103 Å². The summed E-state index contributed by atoms with van der Waals surface area (Å²) in [5.74, 6) is 1.32. The van der Waals surface area contributed by atoms with Gasteiger partial charge in [-0.15, -0.1) is 0 Å². The highest BCUT2D eigenvalue weighted by Gasteiger charge is 2.16. The van der Waals surface area contributed by atoms with Gasteiger partial charge in [0.05, 0.1) is 19.1 Å². The molecule has 8 nitrogen and oxygen atoms in total. The number of rotatable bonds is 10. The SMILES string of the molecule is COc1ccc(NC(=O)COc2ccc(S(=O)(=O)NCC(C)C)cc2C)cc1OC. The molecule has 0 heterocycles. The van der Waals surface area contributed by atoms with Crippen molar-refractivity contribution in [1.82, 2.24) is 4.72 Å². The van der Waals surface area contributed by atoms with E-state index in [1.165, 1.54) is 26.4 Å². The zero-order valence-electron chi connectivity index (χ0n) is 17.8. The molecule has 2 rings (SSSR count). The maximum atomic E-state index is 12.3. The second-order valence-electron chi connectivity index (χ2n) is 7.08. The quantitative estimate of drug-likeness (QED) is 0.594. The lowest BCUT2D eigenvalue weighted by molar-refractivity contribution is -0.118. The van der Waals surface area contributed by atoms with Crippen LogP contribution in [-0.4, -0.2) is 41.7 Å². The van der Waals surface area contributed by atoms with E-state index in [-0.39, 0.29) is 23.3 Å². The number of methoxy groups -OCH3 is 2. The van der Waals surface area contributed by atoms with E-state index in [2.05, 4.69) is 10.0 Å². The van der Waals surface area contributed by atoms with Crippen LogP contribution in [0.2, 0.25) is 0 Å². The Labute approximate surface area is 177 Å². The molecular formula is C21H28N2O6S. The monoisotopic (exact) mass is 436 g/mol. The van der Waals surface area contributed by atoms with Crippen LogP contribution in [0.1, 0.15) is 19.4 Å². The van der Waals surface area contributed by atoms with Crippen molar-refractivity contribution in [2.75, 3.05) is 32.7 Å². The van der Waals surface area contributed by atoms with Crippen LogP contribution in [0.5, 0.6) is 17.2 Å². The van der Waals surface area contributed by atoms with E-state index >= 15 is 0 Å². The van der Waals surface area contributed by atoms with Gasteiger partial charge in [-0.3, -0.25) is 4.79 Å². The summed E-state index contributed by atoms with van der Waals surface area (Å²) in [4.78, 5) is 12.4. The Bertz CT molecular complexity index is 989. The van der Waals surface area contributed by atoms with Gasteiger partial charge >= 0.3 is 0 Å². The maximum Gasteiger partial charge on any atom is 0.262 e. The fourth-order valence-corrected chi connectivity index (χ4v) is 3.86. The number of aryl methyl sites for hydroxylation is 1. The first-order valence-corrected chi connectivity index (χ1v) is 10.9. The van der Waals surface area contributed by atoms with Crippen LogP contribution in [-0.2, 0) is 14.8 Å². The Balaban J connectivity index is 2.00. The van der Waals surface area contributed by atoms with E-state index in [1.54, 1.807) is 31.2 Å². The molecular weight excluding hydrogens is 408 g/mol.